The van der Waals surface area contributed by atoms with Crippen LogP contribution in [-0.2, 0) is 6.54 Å². The lowest BCUT2D eigenvalue weighted by Gasteiger charge is -2.16. The Morgan fingerprint density at radius 1 is 1.12 bits per heavy atom. The van der Waals surface area contributed by atoms with Gasteiger partial charge >= 0.3 is 0 Å². The highest BCUT2D eigenvalue weighted by Crippen LogP contribution is 2.17. The molecule has 0 heterocycles. The summed E-state index contributed by atoms with van der Waals surface area (Å²) >= 11 is 0. The van der Waals surface area contributed by atoms with Gasteiger partial charge in [0.05, 0.1) is 0 Å². The zero-order valence-electron chi connectivity index (χ0n) is 10.3. The molecular weight excluding hydrogens is 194 g/mol. The van der Waals surface area contributed by atoms with Crippen molar-refractivity contribution < 1.29 is 0 Å². The van der Waals surface area contributed by atoms with Crippen LogP contribution in [0.3, 0.4) is 0 Å². The van der Waals surface area contributed by atoms with E-state index in [2.05, 4.69) is 36.5 Å². The molecule has 0 aromatic heterocycles. The fraction of sp³-hybridized carbons (Fsp3) is 0.600. The number of benzene rings is 1. The molecule has 1 heteroatoms. The summed E-state index contributed by atoms with van der Waals surface area (Å²) in [5.41, 5.74) is 2.78. The molecule has 1 aliphatic rings. The highest BCUT2D eigenvalue weighted by atomic mass is 14.9. The molecule has 0 spiro atoms. The molecule has 0 unspecified atom stereocenters. The molecule has 0 saturated heterocycles. The number of rotatable bonds is 3. The first-order valence-electron chi connectivity index (χ1n) is 6.63. The number of nitrogens with one attached hydrogen (secondary N) is 1. The maximum atomic E-state index is 3.71. The molecule has 1 N–H and O–H groups in total. The molecule has 2 rings (SSSR count). The van der Waals surface area contributed by atoms with Gasteiger partial charge in [0, 0.05) is 12.6 Å². The Bertz CT molecular complexity index is 311. The van der Waals surface area contributed by atoms with Gasteiger partial charge in [-0.15, -0.1) is 0 Å². The molecule has 0 amide bonds. The second-order valence-electron chi connectivity index (χ2n) is 5.06. The van der Waals surface area contributed by atoms with E-state index >= 15 is 0 Å². The summed E-state index contributed by atoms with van der Waals surface area (Å²) in [6.07, 6.45) is 8.42. The molecule has 0 aliphatic heterocycles. The van der Waals surface area contributed by atoms with Crippen LogP contribution >= 0.6 is 0 Å². The van der Waals surface area contributed by atoms with Crippen LogP contribution in [-0.4, -0.2) is 6.04 Å². The van der Waals surface area contributed by atoms with Crippen LogP contribution in [0.1, 0.15) is 49.7 Å². The van der Waals surface area contributed by atoms with E-state index in [9.17, 15) is 0 Å². The minimum absolute atomic E-state index is 0.753. The van der Waals surface area contributed by atoms with Gasteiger partial charge in [-0.05, 0) is 25.3 Å². The highest BCUT2D eigenvalue weighted by Gasteiger charge is 2.10. The van der Waals surface area contributed by atoms with Crippen LogP contribution < -0.4 is 5.32 Å². The van der Waals surface area contributed by atoms with Crippen LogP contribution in [0.15, 0.2) is 24.3 Å². The molecule has 1 aromatic rings. The van der Waals surface area contributed by atoms with E-state index in [4.69, 9.17) is 0 Å². The van der Waals surface area contributed by atoms with E-state index in [-0.39, 0.29) is 0 Å². The fourth-order valence-electron chi connectivity index (χ4n) is 2.57. The average Bonchev–Trinajstić information content (AvgIpc) is 2.55. The first-order chi connectivity index (χ1) is 7.84. The van der Waals surface area contributed by atoms with Gasteiger partial charge in [-0.1, -0.05) is 55.5 Å². The largest absolute Gasteiger partial charge is 0.310 e. The third kappa shape index (κ3) is 3.64. The summed E-state index contributed by atoms with van der Waals surface area (Å²) in [5, 5.41) is 3.71. The monoisotopic (exact) mass is 217 g/mol. The SMILES string of the molecule is Cc1cccc(CNC2CCCCCC2)c1. The van der Waals surface area contributed by atoms with Crippen molar-refractivity contribution in [3.05, 3.63) is 35.4 Å². The smallest absolute Gasteiger partial charge is 0.0208 e. The highest BCUT2D eigenvalue weighted by molar-refractivity contribution is 5.22. The molecule has 0 atom stereocenters. The van der Waals surface area contributed by atoms with E-state index in [0.29, 0.717) is 0 Å². The molecule has 1 aromatic carbocycles. The summed E-state index contributed by atoms with van der Waals surface area (Å²) in [5.74, 6) is 0. The molecule has 88 valence electrons. The molecule has 0 radical (unpaired) electrons. The summed E-state index contributed by atoms with van der Waals surface area (Å²) in [6, 6.07) is 9.57. The Labute approximate surface area is 99.3 Å². The summed E-state index contributed by atoms with van der Waals surface area (Å²) in [4.78, 5) is 0. The summed E-state index contributed by atoms with van der Waals surface area (Å²) in [6.45, 7) is 3.20. The van der Waals surface area contributed by atoms with E-state index in [1.54, 1.807) is 0 Å². The first-order valence-corrected chi connectivity index (χ1v) is 6.63. The number of hydrogen-bond acceptors (Lipinski definition) is 1. The lowest BCUT2D eigenvalue weighted by atomic mass is 10.1. The van der Waals surface area contributed by atoms with Crippen molar-refractivity contribution >= 4 is 0 Å². The Morgan fingerprint density at radius 2 is 1.88 bits per heavy atom. The quantitative estimate of drug-likeness (QED) is 0.759. The standard InChI is InChI=1S/C15H23N/c1-13-7-6-8-14(11-13)12-16-15-9-4-2-3-5-10-15/h6-8,11,15-16H,2-5,9-10,12H2,1H3. The average molecular weight is 217 g/mol. The Balaban J connectivity index is 1.81. The molecule has 1 nitrogen and oxygen atoms in total. The van der Waals surface area contributed by atoms with Crippen LogP contribution in [0.2, 0.25) is 0 Å². The van der Waals surface area contributed by atoms with Crippen molar-refractivity contribution in [2.24, 2.45) is 0 Å². The molecular formula is C15H23N. The van der Waals surface area contributed by atoms with Gasteiger partial charge in [0.15, 0.2) is 0 Å². The summed E-state index contributed by atoms with van der Waals surface area (Å²) in [7, 11) is 0. The third-order valence-electron chi connectivity index (χ3n) is 3.53. The maximum Gasteiger partial charge on any atom is 0.0208 e. The van der Waals surface area contributed by atoms with Crippen LogP contribution in [0.5, 0.6) is 0 Å². The zero-order valence-corrected chi connectivity index (χ0v) is 10.3. The molecule has 16 heavy (non-hydrogen) atoms. The zero-order chi connectivity index (χ0) is 11.2. The predicted molar refractivity (Wildman–Crippen MR) is 69.5 cm³/mol. The minimum Gasteiger partial charge on any atom is -0.310 e. The van der Waals surface area contributed by atoms with E-state index in [1.165, 1.54) is 49.7 Å². The molecule has 1 saturated carbocycles. The van der Waals surface area contributed by atoms with Gasteiger partial charge in [-0.2, -0.15) is 0 Å². The maximum absolute atomic E-state index is 3.71. The summed E-state index contributed by atoms with van der Waals surface area (Å²) < 4.78 is 0. The number of aryl methyl sites for hydroxylation is 1. The van der Waals surface area contributed by atoms with E-state index < -0.39 is 0 Å². The topological polar surface area (TPSA) is 12.0 Å². The Morgan fingerprint density at radius 3 is 2.56 bits per heavy atom. The normalized spacial score (nSPS) is 18.3. The minimum atomic E-state index is 0.753. The van der Waals surface area contributed by atoms with Gasteiger partial charge in [-0.3, -0.25) is 0 Å². The molecule has 1 aliphatic carbocycles. The van der Waals surface area contributed by atoms with Gasteiger partial charge in [0.1, 0.15) is 0 Å². The van der Waals surface area contributed by atoms with Crippen LogP contribution in [0.25, 0.3) is 0 Å². The fourth-order valence-corrected chi connectivity index (χ4v) is 2.57. The second kappa shape index (κ2) is 6.05. The van der Waals surface area contributed by atoms with Crippen molar-refractivity contribution in [1.29, 1.82) is 0 Å². The van der Waals surface area contributed by atoms with Gasteiger partial charge < -0.3 is 5.32 Å². The van der Waals surface area contributed by atoms with E-state index in [1.807, 2.05) is 0 Å². The Hall–Kier alpha value is -0.820. The molecule has 0 bridgehead atoms. The van der Waals surface area contributed by atoms with Gasteiger partial charge in [-0.25, -0.2) is 0 Å². The van der Waals surface area contributed by atoms with Crippen molar-refractivity contribution in [1.82, 2.24) is 5.32 Å². The lowest BCUT2D eigenvalue weighted by molar-refractivity contribution is 0.459. The van der Waals surface area contributed by atoms with Crippen molar-refractivity contribution in [2.45, 2.75) is 58.0 Å². The third-order valence-corrected chi connectivity index (χ3v) is 3.53. The van der Waals surface area contributed by atoms with Gasteiger partial charge in [0.25, 0.3) is 0 Å². The second-order valence-corrected chi connectivity index (χ2v) is 5.06. The Kier molecular flexibility index (Phi) is 4.41. The number of hydrogen-bond donors (Lipinski definition) is 1. The van der Waals surface area contributed by atoms with Crippen molar-refractivity contribution in [2.75, 3.05) is 0 Å². The van der Waals surface area contributed by atoms with Crippen molar-refractivity contribution in [3.8, 4) is 0 Å². The van der Waals surface area contributed by atoms with E-state index in [0.717, 1.165) is 12.6 Å². The first kappa shape index (κ1) is 11.7. The van der Waals surface area contributed by atoms with Gasteiger partial charge in [0.2, 0.25) is 0 Å². The molecule has 1 fully saturated rings. The lowest BCUT2D eigenvalue weighted by Crippen LogP contribution is -2.27. The van der Waals surface area contributed by atoms with Crippen LogP contribution in [0.4, 0.5) is 0 Å². The van der Waals surface area contributed by atoms with Crippen LogP contribution in [0, 0.1) is 6.92 Å². The predicted octanol–water partition coefficient (Wildman–Crippen LogP) is 3.81. The van der Waals surface area contributed by atoms with Crippen molar-refractivity contribution in [3.63, 3.8) is 0 Å².